The summed E-state index contributed by atoms with van der Waals surface area (Å²) in [6, 6.07) is 11.9. The van der Waals surface area contributed by atoms with Gasteiger partial charge in [-0.2, -0.15) is 0 Å². The van der Waals surface area contributed by atoms with Crippen molar-refractivity contribution in [2.75, 3.05) is 6.61 Å². The van der Waals surface area contributed by atoms with E-state index in [1.54, 1.807) is 4.90 Å². The lowest BCUT2D eigenvalue weighted by molar-refractivity contribution is -0.139. The van der Waals surface area contributed by atoms with E-state index in [9.17, 15) is 9.59 Å². The summed E-state index contributed by atoms with van der Waals surface area (Å²) in [4.78, 5) is 26.5. The van der Waals surface area contributed by atoms with Crippen molar-refractivity contribution in [1.82, 2.24) is 10.2 Å². The number of cyclic esters (lactones) is 1. The van der Waals surface area contributed by atoms with Crippen LogP contribution in [0.2, 0.25) is 18.1 Å². The highest BCUT2D eigenvalue weighted by molar-refractivity contribution is 6.73. The van der Waals surface area contributed by atoms with Gasteiger partial charge in [0.25, 0.3) is 0 Å². The summed E-state index contributed by atoms with van der Waals surface area (Å²) in [7, 11) is -1.80. The van der Waals surface area contributed by atoms with E-state index >= 15 is 0 Å². The average molecular weight is 391 g/mol. The van der Waals surface area contributed by atoms with Gasteiger partial charge in [-0.15, -0.1) is 0 Å². The number of ether oxygens (including phenoxy) is 1. The second-order valence-corrected chi connectivity index (χ2v) is 12.2. The molecule has 0 radical (unpaired) electrons. The van der Waals surface area contributed by atoms with E-state index in [0.29, 0.717) is 0 Å². The summed E-state index contributed by atoms with van der Waals surface area (Å²) < 4.78 is 11.9. The van der Waals surface area contributed by atoms with Crippen LogP contribution >= 0.6 is 0 Å². The van der Waals surface area contributed by atoms with E-state index in [4.69, 9.17) is 9.16 Å². The Labute approximate surface area is 162 Å². The van der Waals surface area contributed by atoms with Gasteiger partial charge < -0.3 is 14.5 Å². The van der Waals surface area contributed by atoms with Crippen molar-refractivity contribution in [2.45, 2.75) is 70.1 Å². The smallest absolute Gasteiger partial charge is 0.411 e. The third-order valence-electron chi connectivity index (χ3n) is 6.19. The highest BCUT2D eigenvalue weighted by Gasteiger charge is 2.54. The van der Waals surface area contributed by atoms with Gasteiger partial charge in [0.05, 0.1) is 18.2 Å². The number of amides is 2. The van der Waals surface area contributed by atoms with Crippen LogP contribution in [0.4, 0.5) is 4.79 Å². The highest BCUT2D eigenvalue weighted by atomic mass is 28.4. The number of carbonyl (C=O) groups excluding carboxylic acids is 2. The predicted molar refractivity (Wildman–Crippen MR) is 106 cm³/mol. The average Bonchev–Trinajstić information content (AvgIpc) is 3.05. The number of hydrogen-bond acceptors (Lipinski definition) is 4. The molecule has 3 rings (SSSR count). The summed E-state index contributed by atoms with van der Waals surface area (Å²) in [6.45, 7) is 8.84. The van der Waals surface area contributed by atoms with E-state index in [2.05, 4.69) is 26.1 Å². The van der Waals surface area contributed by atoms with Gasteiger partial charge in [-0.05, 0) is 30.6 Å². The van der Waals surface area contributed by atoms with Crippen molar-refractivity contribution >= 4 is 20.3 Å². The monoisotopic (exact) mass is 390 g/mol. The normalized spacial score (nSPS) is 26.4. The van der Waals surface area contributed by atoms with Crippen LogP contribution in [0.15, 0.2) is 30.3 Å². The molecule has 2 fully saturated rings. The third kappa shape index (κ3) is 3.62. The lowest BCUT2D eigenvalue weighted by atomic mass is 9.91. The molecule has 1 aromatic carbocycles. The Morgan fingerprint density at radius 3 is 2.37 bits per heavy atom. The second-order valence-electron chi connectivity index (χ2n) is 7.46. The molecule has 4 atom stereocenters. The van der Waals surface area contributed by atoms with Crippen LogP contribution in [0.25, 0.3) is 0 Å². The molecule has 2 saturated heterocycles. The van der Waals surface area contributed by atoms with Crippen molar-refractivity contribution in [3.05, 3.63) is 35.9 Å². The largest absolute Gasteiger partial charge is 0.447 e. The molecule has 0 aromatic heterocycles. The van der Waals surface area contributed by atoms with Crippen LogP contribution in [0.1, 0.15) is 39.3 Å². The molecule has 148 valence electrons. The number of carbonyl (C=O) groups is 2. The van der Waals surface area contributed by atoms with E-state index in [0.717, 1.165) is 23.7 Å². The Balaban J connectivity index is 1.80. The van der Waals surface area contributed by atoms with Crippen molar-refractivity contribution < 1.29 is 18.8 Å². The molecule has 1 aromatic rings. The first-order valence-electron chi connectivity index (χ1n) is 9.94. The molecule has 2 aliphatic rings. The van der Waals surface area contributed by atoms with Gasteiger partial charge in [-0.25, -0.2) is 4.79 Å². The molecule has 6 nitrogen and oxygen atoms in total. The zero-order chi connectivity index (χ0) is 19.6. The minimum atomic E-state index is -1.80. The quantitative estimate of drug-likeness (QED) is 0.545. The molecule has 27 heavy (non-hydrogen) atoms. The summed E-state index contributed by atoms with van der Waals surface area (Å²) >= 11 is 0. The van der Waals surface area contributed by atoms with Crippen molar-refractivity contribution in [3.8, 4) is 0 Å². The first kappa shape index (κ1) is 19.9. The maximum atomic E-state index is 12.5. The molecule has 0 saturated carbocycles. The van der Waals surface area contributed by atoms with Gasteiger partial charge in [-0.3, -0.25) is 9.69 Å². The second kappa shape index (κ2) is 8.02. The molecule has 1 N–H and O–H groups in total. The fourth-order valence-electron chi connectivity index (χ4n) is 4.21. The molecular weight excluding hydrogens is 360 g/mol. The Kier molecular flexibility index (Phi) is 5.91. The van der Waals surface area contributed by atoms with Crippen molar-refractivity contribution in [1.29, 1.82) is 0 Å². The zero-order valence-corrected chi connectivity index (χ0v) is 17.6. The summed E-state index contributed by atoms with van der Waals surface area (Å²) in [5, 5.41) is 2.97. The van der Waals surface area contributed by atoms with Gasteiger partial charge in [0.2, 0.25) is 5.91 Å². The van der Waals surface area contributed by atoms with E-state index in [1.807, 2.05) is 37.3 Å². The number of nitrogens with zero attached hydrogens (tertiary/aromatic N) is 1. The maximum absolute atomic E-state index is 12.5. The molecule has 2 amide bonds. The Morgan fingerprint density at radius 1 is 1.19 bits per heavy atom. The lowest BCUT2D eigenvalue weighted by Crippen LogP contribution is -2.73. The number of rotatable bonds is 8. The van der Waals surface area contributed by atoms with Crippen LogP contribution in [-0.2, 0) is 14.0 Å². The Hall–Kier alpha value is -1.86. The van der Waals surface area contributed by atoms with E-state index in [-0.39, 0.29) is 30.7 Å². The van der Waals surface area contributed by atoms with Crippen LogP contribution in [-0.4, -0.2) is 50.0 Å². The zero-order valence-electron chi connectivity index (χ0n) is 16.6. The van der Waals surface area contributed by atoms with Gasteiger partial charge in [0, 0.05) is 0 Å². The van der Waals surface area contributed by atoms with Crippen LogP contribution in [0.3, 0.4) is 0 Å². The number of β-lactam (4-membered cyclic amide) rings is 1. The van der Waals surface area contributed by atoms with Crippen LogP contribution in [0, 0.1) is 0 Å². The number of hydrogen-bond donors (Lipinski definition) is 1. The lowest BCUT2D eigenvalue weighted by Gasteiger charge is -2.47. The summed E-state index contributed by atoms with van der Waals surface area (Å²) in [5.74, 6) is -0.132. The molecule has 0 spiro atoms. The van der Waals surface area contributed by atoms with Crippen molar-refractivity contribution in [3.63, 3.8) is 0 Å². The van der Waals surface area contributed by atoms with Gasteiger partial charge in [0.15, 0.2) is 8.32 Å². The van der Waals surface area contributed by atoms with E-state index in [1.165, 1.54) is 0 Å². The maximum Gasteiger partial charge on any atom is 0.411 e. The predicted octanol–water partition coefficient (Wildman–Crippen LogP) is 3.46. The van der Waals surface area contributed by atoms with E-state index < -0.39 is 20.5 Å². The molecule has 0 unspecified atom stereocenters. The van der Waals surface area contributed by atoms with Crippen LogP contribution in [0.5, 0.6) is 0 Å². The SMILES string of the molecule is CC[Si](CC)(CC)O[C@@H](C)[C@H]1NC(=O)[C@@H]1N1C(=O)OC[C@@H]1c1ccccc1. The van der Waals surface area contributed by atoms with Gasteiger partial charge >= 0.3 is 6.09 Å². The molecule has 0 bridgehead atoms. The Bertz CT molecular complexity index is 672. The standard InChI is InChI=1S/C20H30N2O4Si/c1-5-27(6-2,7-3)26-14(4)17-18(19(23)21-17)22-16(13-25-20(22)24)15-11-9-8-10-12-15/h8-12,14,16-18H,5-7,13H2,1-4H3,(H,21,23)/t14-,16+,17+,18+/m0/s1. The molecule has 2 heterocycles. The van der Waals surface area contributed by atoms with Gasteiger partial charge in [-0.1, -0.05) is 51.1 Å². The first-order valence-corrected chi connectivity index (χ1v) is 12.5. The molecule has 0 aliphatic carbocycles. The number of benzene rings is 1. The minimum absolute atomic E-state index is 0.132. The fraction of sp³-hybridized carbons (Fsp3) is 0.600. The van der Waals surface area contributed by atoms with Gasteiger partial charge in [0.1, 0.15) is 12.6 Å². The highest BCUT2D eigenvalue weighted by Crippen LogP contribution is 2.35. The van der Waals surface area contributed by atoms with Crippen molar-refractivity contribution in [2.24, 2.45) is 0 Å². The molecule has 7 heteroatoms. The third-order valence-corrected chi connectivity index (χ3v) is 10.9. The molecule has 2 aliphatic heterocycles. The summed E-state index contributed by atoms with van der Waals surface area (Å²) in [5.41, 5.74) is 0.981. The summed E-state index contributed by atoms with van der Waals surface area (Å²) in [6.07, 6.45) is -0.560. The number of nitrogens with one attached hydrogen (secondary N) is 1. The fourth-order valence-corrected chi connectivity index (χ4v) is 7.14. The molecular formula is C20H30N2O4Si. The minimum Gasteiger partial charge on any atom is -0.447 e. The Morgan fingerprint density at radius 2 is 1.81 bits per heavy atom. The first-order chi connectivity index (χ1) is 13.0. The van der Waals surface area contributed by atoms with Crippen LogP contribution < -0.4 is 5.32 Å². The topological polar surface area (TPSA) is 67.9 Å².